The van der Waals surface area contributed by atoms with Crippen molar-refractivity contribution in [3.63, 3.8) is 0 Å². The van der Waals surface area contributed by atoms with Gasteiger partial charge < -0.3 is 10.5 Å². The Morgan fingerprint density at radius 3 is 3.23 bits per heavy atom. The highest BCUT2D eigenvalue weighted by Gasteiger charge is 2.36. The van der Waals surface area contributed by atoms with Gasteiger partial charge in [-0.05, 0) is 23.8 Å². The second-order valence-corrected chi connectivity index (χ2v) is 4.40. The highest BCUT2D eigenvalue weighted by Crippen LogP contribution is 2.34. The van der Waals surface area contributed by atoms with Gasteiger partial charge in [-0.1, -0.05) is 0 Å². The van der Waals surface area contributed by atoms with E-state index in [9.17, 15) is 0 Å². The summed E-state index contributed by atoms with van der Waals surface area (Å²) in [6.45, 7) is 0. The molecule has 0 spiro atoms. The number of rotatable bonds is 0. The topological polar surface area (TPSA) is 59.0 Å². The van der Waals surface area contributed by atoms with Gasteiger partial charge in [-0.2, -0.15) is 5.26 Å². The molecular formula is C9H12N2OS. The Morgan fingerprint density at radius 2 is 2.46 bits per heavy atom. The van der Waals surface area contributed by atoms with Gasteiger partial charge in [-0.15, -0.1) is 11.8 Å². The van der Waals surface area contributed by atoms with Gasteiger partial charge in [-0.3, -0.25) is 0 Å². The highest BCUT2D eigenvalue weighted by molar-refractivity contribution is 8.02. The fourth-order valence-corrected chi connectivity index (χ4v) is 2.74. The molecule has 0 saturated carbocycles. The summed E-state index contributed by atoms with van der Waals surface area (Å²) in [5, 5.41) is 10.9. The molecular weight excluding hydrogens is 184 g/mol. The maximum absolute atomic E-state index is 8.82. The normalized spacial score (nSPS) is 43.7. The molecule has 1 saturated heterocycles. The molecule has 0 aromatic carbocycles. The lowest BCUT2D eigenvalue weighted by Gasteiger charge is -2.37. The largest absolute Gasteiger partial charge is 0.355 e. The lowest BCUT2D eigenvalue weighted by molar-refractivity contribution is -0.0704. The first-order valence-corrected chi connectivity index (χ1v) is 5.45. The molecule has 2 rings (SSSR count). The maximum atomic E-state index is 8.82. The molecule has 2 heterocycles. The summed E-state index contributed by atoms with van der Waals surface area (Å²) in [7, 11) is 0. The van der Waals surface area contributed by atoms with E-state index in [0.717, 1.165) is 12.2 Å². The molecule has 70 valence electrons. The number of nitriles is 1. The minimum Gasteiger partial charge on any atom is -0.355 e. The Bertz CT molecular complexity index is 261. The van der Waals surface area contributed by atoms with Gasteiger partial charge in [0, 0.05) is 5.75 Å². The summed E-state index contributed by atoms with van der Waals surface area (Å²) in [5.41, 5.74) is 5.71. The van der Waals surface area contributed by atoms with Crippen molar-refractivity contribution in [1.29, 1.82) is 5.26 Å². The average molecular weight is 196 g/mol. The molecule has 13 heavy (non-hydrogen) atoms. The van der Waals surface area contributed by atoms with Crippen molar-refractivity contribution < 1.29 is 4.74 Å². The van der Waals surface area contributed by atoms with Crippen LogP contribution in [-0.2, 0) is 4.74 Å². The van der Waals surface area contributed by atoms with Gasteiger partial charge in [-0.25, -0.2) is 0 Å². The number of hydrogen-bond acceptors (Lipinski definition) is 4. The van der Waals surface area contributed by atoms with E-state index in [-0.39, 0.29) is 12.0 Å². The number of nitrogens with zero attached hydrogens (tertiary/aromatic N) is 1. The van der Waals surface area contributed by atoms with Gasteiger partial charge in [0.2, 0.25) is 0 Å². The average Bonchev–Trinajstić information content (AvgIpc) is 2.17. The Morgan fingerprint density at radius 1 is 1.62 bits per heavy atom. The van der Waals surface area contributed by atoms with Crippen LogP contribution in [0.5, 0.6) is 0 Å². The molecule has 0 amide bonds. The van der Waals surface area contributed by atoms with Crippen LogP contribution in [0.25, 0.3) is 0 Å². The van der Waals surface area contributed by atoms with E-state index < -0.39 is 6.23 Å². The van der Waals surface area contributed by atoms with Crippen LogP contribution in [-0.4, -0.2) is 18.1 Å². The van der Waals surface area contributed by atoms with Crippen molar-refractivity contribution in [3.8, 4) is 6.07 Å². The van der Waals surface area contributed by atoms with Crippen LogP contribution in [0, 0.1) is 23.2 Å². The molecule has 0 aliphatic carbocycles. The van der Waals surface area contributed by atoms with Gasteiger partial charge in [0.1, 0.15) is 6.23 Å². The third-order valence-corrected chi connectivity index (χ3v) is 3.54. The van der Waals surface area contributed by atoms with Crippen molar-refractivity contribution in [3.05, 3.63) is 11.5 Å². The molecule has 1 fully saturated rings. The smallest absolute Gasteiger partial charge is 0.122 e. The molecule has 0 radical (unpaired) electrons. The standard InChI is InChI=1S/C9H12N2OS/c10-4-6-3-7-5-13-2-1-8(7)12-9(6)11/h1-2,6-9H,3,5,11H2. The molecule has 4 heteroatoms. The second kappa shape index (κ2) is 3.70. The minimum atomic E-state index is -0.404. The predicted octanol–water partition coefficient (Wildman–Crippen LogP) is 1.08. The zero-order chi connectivity index (χ0) is 9.26. The van der Waals surface area contributed by atoms with Gasteiger partial charge in [0.05, 0.1) is 18.1 Å². The molecule has 0 aromatic heterocycles. The number of nitrogens with two attached hydrogens (primary N) is 1. The maximum Gasteiger partial charge on any atom is 0.122 e. The molecule has 4 atom stereocenters. The van der Waals surface area contributed by atoms with Gasteiger partial charge in [0.15, 0.2) is 0 Å². The van der Waals surface area contributed by atoms with E-state index in [4.69, 9.17) is 15.7 Å². The molecule has 2 aliphatic heterocycles. The van der Waals surface area contributed by atoms with E-state index >= 15 is 0 Å². The van der Waals surface area contributed by atoms with Crippen molar-refractivity contribution in [2.75, 3.05) is 5.75 Å². The lowest BCUT2D eigenvalue weighted by Crippen LogP contribution is -2.46. The molecule has 2 aliphatic rings. The van der Waals surface area contributed by atoms with Gasteiger partial charge >= 0.3 is 0 Å². The zero-order valence-corrected chi connectivity index (χ0v) is 8.04. The quantitative estimate of drug-likeness (QED) is 0.629. The lowest BCUT2D eigenvalue weighted by atomic mass is 9.88. The summed E-state index contributed by atoms with van der Waals surface area (Å²) < 4.78 is 5.55. The molecule has 0 aromatic rings. The van der Waals surface area contributed by atoms with Crippen LogP contribution in [0.3, 0.4) is 0 Å². The predicted molar refractivity (Wildman–Crippen MR) is 51.7 cm³/mol. The van der Waals surface area contributed by atoms with Crippen molar-refractivity contribution in [2.45, 2.75) is 18.8 Å². The Kier molecular flexibility index (Phi) is 2.58. The van der Waals surface area contributed by atoms with Crippen molar-refractivity contribution in [1.82, 2.24) is 0 Å². The Labute approximate surface area is 81.9 Å². The van der Waals surface area contributed by atoms with E-state index in [1.54, 1.807) is 11.8 Å². The van der Waals surface area contributed by atoms with Crippen LogP contribution in [0.2, 0.25) is 0 Å². The first-order valence-electron chi connectivity index (χ1n) is 4.40. The molecule has 0 bridgehead atoms. The SMILES string of the molecule is N#CC1CC2CSC=CC2OC1N. The van der Waals surface area contributed by atoms with Gasteiger partial charge in [0.25, 0.3) is 0 Å². The first kappa shape index (κ1) is 9.07. The van der Waals surface area contributed by atoms with E-state index in [0.29, 0.717) is 5.92 Å². The zero-order valence-electron chi connectivity index (χ0n) is 7.22. The van der Waals surface area contributed by atoms with Crippen molar-refractivity contribution >= 4 is 11.8 Å². The summed E-state index contributed by atoms with van der Waals surface area (Å²) in [6.07, 6.45) is 2.66. The summed E-state index contributed by atoms with van der Waals surface area (Å²) in [6, 6.07) is 2.20. The Hall–Kier alpha value is -0.500. The van der Waals surface area contributed by atoms with Crippen LogP contribution in [0.4, 0.5) is 0 Å². The van der Waals surface area contributed by atoms with E-state index in [2.05, 4.69) is 11.5 Å². The monoisotopic (exact) mass is 196 g/mol. The third kappa shape index (κ3) is 1.73. The van der Waals surface area contributed by atoms with E-state index in [1.165, 1.54) is 0 Å². The minimum absolute atomic E-state index is 0.131. The van der Waals surface area contributed by atoms with Crippen LogP contribution < -0.4 is 5.73 Å². The molecule has 3 nitrogen and oxygen atoms in total. The second-order valence-electron chi connectivity index (χ2n) is 3.46. The highest BCUT2D eigenvalue weighted by atomic mass is 32.2. The first-order chi connectivity index (χ1) is 6.31. The third-order valence-electron chi connectivity index (χ3n) is 2.57. The molecule has 4 unspecified atom stereocenters. The summed E-state index contributed by atoms with van der Waals surface area (Å²) in [4.78, 5) is 0. The number of thioether (sulfide) groups is 1. The number of hydrogen-bond donors (Lipinski definition) is 1. The Balaban J connectivity index is 2.08. The fourth-order valence-electron chi connectivity index (χ4n) is 1.79. The van der Waals surface area contributed by atoms with Crippen LogP contribution in [0.15, 0.2) is 11.5 Å². The van der Waals surface area contributed by atoms with E-state index in [1.807, 2.05) is 6.08 Å². The van der Waals surface area contributed by atoms with Crippen LogP contribution >= 0.6 is 11.8 Å². The summed E-state index contributed by atoms with van der Waals surface area (Å²) >= 11 is 1.78. The molecule has 2 N–H and O–H groups in total. The van der Waals surface area contributed by atoms with Crippen molar-refractivity contribution in [2.24, 2.45) is 17.6 Å². The fraction of sp³-hybridized carbons (Fsp3) is 0.667. The number of ether oxygens (including phenoxy) is 1. The summed E-state index contributed by atoms with van der Waals surface area (Å²) in [5.74, 6) is 1.39. The number of fused-ring (bicyclic) bond motifs is 1. The van der Waals surface area contributed by atoms with Crippen LogP contribution in [0.1, 0.15) is 6.42 Å².